The summed E-state index contributed by atoms with van der Waals surface area (Å²) in [6, 6.07) is 4.43. The second kappa shape index (κ2) is 4.63. The lowest BCUT2D eigenvalue weighted by molar-refractivity contribution is 0.298. The molecule has 2 heteroatoms. The Morgan fingerprint density at radius 2 is 1.92 bits per heavy atom. The fourth-order valence-corrected chi connectivity index (χ4v) is 2.17. The van der Waals surface area contributed by atoms with E-state index in [1.54, 1.807) is 0 Å². The van der Waals surface area contributed by atoms with Crippen LogP contribution < -0.4 is 0 Å². The van der Waals surface area contributed by atoms with Crippen molar-refractivity contribution < 1.29 is 0 Å². The van der Waals surface area contributed by atoms with E-state index >= 15 is 0 Å². The maximum Gasteiger partial charge on any atom is 0.0327 e. The minimum atomic E-state index is 1.12. The van der Waals surface area contributed by atoms with Gasteiger partial charge >= 0.3 is 0 Å². The Hall–Kier alpha value is -0.340. The van der Waals surface area contributed by atoms with Crippen molar-refractivity contribution in [2.24, 2.45) is 0 Å². The molecule has 68 valence electrons. The SMILES string of the molecule is CCN(CC)Cc1ccc(C)s1. The van der Waals surface area contributed by atoms with Gasteiger partial charge in [0.25, 0.3) is 0 Å². The third-order valence-corrected chi connectivity index (χ3v) is 3.06. The molecule has 0 spiro atoms. The number of hydrogen-bond acceptors (Lipinski definition) is 2. The van der Waals surface area contributed by atoms with E-state index in [0.717, 1.165) is 19.6 Å². The number of nitrogens with zero attached hydrogens (tertiary/aromatic N) is 1. The van der Waals surface area contributed by atoms with Gasteiger partial charge in [-0.1, -0.05) is 13.8 Å². The molecule has 0 atom stereocenters. The van der Waals surface area contributed by atoms with E-state index in [4.69, 9.17) is 0 Å². The standard InChI is InChI=1S/C10H17NS/c1-4-11(5-2)8-10-7-6-9(3)12-10/h6-7H,4-5,8H2,1-3H3. The molecule has 0 fully saturated rings. The second-order valence-corrected chi connectivity index (χ2v) is 4.35. The van der Waals surface area contributed by atoms with Gasteiger partial charge in [0.05, 0.1) is 0 Å². The van der Waals surface area contributed by atoms with Gasteiger partial charge in [-0.15, -0.1) is 11.3 Å². The zero-order valence-corrected chi connectivity index (χ0v) is 8.95. The number of thiophene rings is 1. The van der Waals surface area contributed by atoms with Gasteiger partial charge in [-0.3, -0.25) is 4.90 Å². The van der Waals surface area contributed by atoms with Gasteiger partial charge in [-0.05, 0) is 32.1 Å². The van der Waals surface area contributed by atoms with Crippen LogP contribution in [0.4, 0.5) is 0 Å². The fraction of sp³-hybridized carbons (Fsp3) is 0.600. The molecule has 1 heterocycles. The first-order valence-corrected chi connectivity index (χ1v) is 5.35. The smallest absolute Gasteiger partial charge is 0.0327 e. The van der Waals surface area contributed by atoms with Crippen LogP contribution in [0.2, 0.25) is 0 Å². The van der Waals surface area contributed by atoms with E-state index in [0.29, 0.717) is 0 Å². The molecule has 0 saturated carbocycles. The van der Waals surface area contributed by atoms with Gasteiger partial charge in [0, 0.05) is 16.3 Å². The summed E-state index contributed by atoms with van der Waals surface area (Å²) in [5.74, 6) is 0. The lowest BCUT2D eigenvalue weighted by Gasteiger charge is -2.16. The summed E-state index contributed by atoms with van der Waals surface area (Å²) in [7, 11) is 0. The highest BCUT2D eigenvalue weighted by molar-refractivity contribution is 7.11. The van der Waals surface area contributed by atoms with Crippen LogP contribution in [0.25, 0.3) is 0 Å². The lowest BCUT2D eigenvalue weighted by Crippen LogP contribution is -2.21. The highest BCUT2D eigenvalue weighted by Crippen LogP contribution is 2.16. The lowest BCUT2D eigenvalue weighted by atomic mass is 10.4. The van der Waals surface area contributed by atoms with Crippen molar-refractivity contribution in [1.29, 1.82) is 0 Å². The topological polar surface area (TPSA) is 3.24 Å². The van der Waals surface area contributed by atoms with Crippen LogP contribution in [-0.4, -0.2) is 18.0 Å². The Balaban J connectivity index is 2.50. The zero-order valence-electron chi connectivity index (χ0n) is 8.13. The molecular weight excluding hydrogens is 166 g/mol. The predicted octanol–water partition coefficient (Wildman–Crippen LogP) is 2.90. The zero-order chi connectivity index (χ0) is 8.97. The van der Waals surface area contributed by atoms with Gasteiger partial charge in [0.15, 0.2) is 0 Å². The Morgan fingerprint density at radius 3 is 2.33 bits per heavy atom. The third kappa shape index (κ3) is 2.61. The molecule has 0 amide bonds. The minimum absolute atomic E-state index is 1.12. The molecule has 0 bridgehead atoms. The second-order valence-electron chi connectivity index (χ2n) is 2.97. The summed E-state index contributed by atoms with van der Waals surface area (Å²) in [4.78, 5) is 5.33. The van der Waals surface area contributed by atoms with Crippen molar-refractivity contribution in [3.05, 3.63) is 21.9 Å². The van der Waals surface area contributed by atoms with Crippen LogP contribution in [0.5, 0.6) is 0 Å². The van der Waals surface area contributed by atoms with Crippen molar-refractivity contribution in [2.45, 2.75) is 27.3 Å². The summed E-state index contributed by atoms with van der Waals surface area (Å²) < 4.78 is 0. The van der Waals surface area contributed by atoms with E-state index in [1.807, 2.05) is 11.3 Å². The Labute approximate surface area is 79.0 Å². The number of hydrogen-bond donors (Lipinski definition) is 0. The van der Waals surface area contributed by atoms with Gasteiger partial charge < -0.3 is 0 Å². The van der Waals surface area contributed by atoms with Gasteiger partial charge in [-0.25, -0.2) is 0 Å². The largest absolute Gasteiger partial charge is 0.299 e. The molecule has 0 unspecified atom stereocenters. The quantitative estimate of drug-likeness (QED) is 0.694. The molecule has 0 saturated heterocycles. The average Bonchev–Trinajstić information content (AvgIpc) is 2.47. The first-order valence-electron chi connectivity index (χ1n) is 4.54. The molecule has 0 aliphatic heterocycles. The summed E-state index contributed by atoms with van der Waals surface area (Å²) in [5, 5.41) is 0. The van der Waals surface area contributed by atoms with Crippen molar-refractivity contribution >= 4 is 11.3 Å². The maximum atomic E-state index is 2.44. The molecule has 12 heavy (non-hydrogen) atoms. The van der Waals surface area contributed by atoms with Crippen molar-refractivity contribution in [2.75, 3.05) is 13.1 Å². The molecular formula is C10H17NS. The molecule has 1 rings (SSSR count). The minimum Gasteiger partial charge on any atom is -0.299 e. The molecule has 0 aliphatic carbocycles. The normalized spacial score (nSPS) is 11.0. The van der Waals surface area contributed by atoms with Crippen LogP contribution in [0.3, 0.4) is 0 Å². The van der Waals surface area contributed by atoms with Crippen LogP contribution in [-0.2, 0) is 6.54 Å². The van der Waals surface area contributed by atoms with Gasteiger partial charge in [0.2, 0.25) is 0 Å². The fourth-order valence-electron chi connectivity index (χ4n) is 1.24. The Morgan fingerprint density at radius 1 is 1.25 bits per heavy atom. The van der Waals surface area contributed by atoms with Gasteiger partial charge in [-0.2, -0.15) is 0 Å². The van der Waals surface area contributed by atoms with E-state index in [-0.39, 0.29) is 0 Å². The molecule has 0 aromatic carbocycles. The number of rotatable bonds is 4. The molecule has 1 aromatic rings. The van der Waals surface area contributed by atoms with Crippen molar-refractivity contribution in [3.63, 3.8) is 0 Å². The average molecular weight is 183 g/mol. The first kappa shape index (κ1) is 9.75. The predicted molar refractivity (Wildman–Crippen MR) is 55.7 cm³/mol. The maximum absolute atomic E-state index is 2.44. The highest BCUT2D eigenvalue weighted by Gasteiger charge is 2.01. The van der Waals surface area contributed by atoms with E-state index in [9.17, 15) is 0 Å². The van der Waals surface area contributed by atoms with E-state index in [1.165, 1.54) is 9.75 Å². The van der Waals surface area contributed by atoms with Crippen LogP contribution in [0.1, 0.15) is 23.6 Å². The van der Waals surface area contributed by atoms with Gasteiger partial charge in [0.1, 0.15) is 0 Å². The molecule has 1 aromatic heterocycles. The monoisotopic (exact) mass is 183 g/mol. The Kier molecular flexibility index (Phi) is 3.76. The van der Waals surface area contributed by atoms with Crippen LogP contribution >= 0.6 is 11.3 Å². The summed E-state index contributed by atoms with van der Waals surface area (Å²) in [6.07, 6.45) is 0. The third-order valence-electron chi connectivity index (χ3n) is 2.07. The van der Waals surface area contributed by atoms with Crippen molar-refractivity contribution in [1.82, 2.24) is 4.90 Å². The Bertz CT molecular complexity index is 225. The molecule has 0 N–H and O–H groups in total. The summed E-state index contributed by atoms with van der Waals surface area (Å²) >= 11 is 1.91. The summed E-state index contributed by atoms with van der Waals surface area (Å²) in [5.41, 5.74) is 0. The van der Waals surface area contributed by atoms with E-state index in [2.05, 4.69) is 37.8 Å². The number of aryl methyl sites for hydroxylation is 1. The highest BCUT2D eigenvalue weighted by atomic mass is 32.1. The summed E-state index contributed by atoms with van der Waals surface area (Å²) in [6.45, 7) is 10.00. The van der Waals surface area contributed by atoms with Crippen LogP contribution in [0.15, 0.2) is 12.1 Å². The van der Waals surface area contributed by atoms with Crippen LogP contribution in [0, 0.1) is 6.92 Å². The molecule has 0 radical (unpaired) electrons. The van der Waals surface area contributed by atoms with Crippen molar-refractivity contribution in [3.8, 4) is 0 Å². The molecule has 0 aliphatic rings. The van der Waals surface area contributed by atoms with E-state index < -0.39 is 0 Å². The molecule has 1 nitrogen and oxygen atoms in total. The first-order chi connectivity index (χ1) is 5.76.